The molecule has 0 spiro atoms. The number of unbranched alkanes of at least 4 members (excludes halogenated alkanes) is 3. The van der Waals surface area contributed by atoms with Crippen LogP contribution in [0.15, 0.2) is 0 Å². The van der Waals surface area contributed by atoms with E-state index in [2.05, 4.69) is 13.8 Å². The molecule has 0 N–H and O–H groups in total. The van der Waals surface area contributed by atoms with E-state index in [4.69, 9.17) is 9.47 Å². The smallest absolute Gasteiger partial charge is 0.310 e. The summed E-state index contributed by atoms with van der Waals surface area (Å²) >= 11 is 0. The lowest BCUT2D eigenvalue weighted by Gasteiger charge is -2.30. The van der Waals surface area contributed by atoms with Gasteiger partial charge in [-0.15, -0.1) is 0 Å². The minimum atomic E-state index is -0.296. The highest BCUT2D eigenvalue weighted by Gasteiger charge is 2.38. The van der Waals surface area contributed by atoms with Crippen LogP contribution in [0.2, 0.25) is 0 Å². The quantitative estimate of drug-likeness (QED) is 0.354. The van der Waals surface area contributed by atoms with Crippen molar-refractivity contribution < 1.29 is 19.1 Å². The molecule has 0 amide bonds. The summed E-state index contributed by atoms with van der Waals surface area (Å²) in [6, 6.07) is 0. The molecule has 0 aliphatic heterocycles. The number of carbonyl (C=O) groups excluding carboxylic acids is 2. The zero-order valence-corrected chi connectivity index (χ0v) is 17.5. The second kappa shape index (κ2) is 12.4. The van der Waals surface area contributed by atoms with Gasteiger partial charge in [-0.2, -0.15) is 0 Å². The van der Waals surface area contributed by atoms with Gasteiger partial charge in [-0.25, -0.2) is 0 Å². The first-order valence-electron chi connectivity index (χ1n) is 11.4. The summed E-state index contributed by atoms with van der Waals surface area (Å²) in [6.07, 6.45) is 14.8. The van der Waals surface area contributed by atoms with Crippen molar-refractivity contribution in [3.8, 4) is 0 Å². The van der Waals surface area contributed by atoms with Gasteiger partial charge in [0.1, 0.15) is 6.10 Å². The van der Waals surface area contributed by atoms with E-state index in [0.717, 1.165) is 70.1 Å². The molecule has 156 valence electrons. The monoisotopic (exact) mass is 380 g/mol. The van der Waals surface area contributed by atoms with Crippen molar-refractivity contribution in [2.45, 2.75) is 110 Å². The van der Waals surface area contributed by atoms with Gasteiger partial charge in [0.05, 0.1) is 18.4 Å². The zero-order chi connectivity index (χ0) is 19.5. The lowest BCUT2D eigenvalue weighted by molar-refractivity contribution is -0.167. The van der Waals surface area contributed by atoms with Crippen molar-refractivity contribution in [3.05, 3.63) is 0 Å². The topological polar surface area (TPSA) is 52.6 Å². The van der Waals surface area contributed by atoms with E-state index in [1.54, 1.807) is 0 Å². The maximum absolute atomic E-state index is 12.7. The van der Waals surface area contributed by atoms with Crippen molar-refractivity contribution in [1.29, 1.82) is 0 Å². The minimum Gasteiger partial charge on any atom is -0.465 e. The molecule has 0 aromatic rings. The Morgan fingerprint density at radius 2 is 1.37 bits per heavy atom. The summed E-state index contributed by atoms with van der Waals surface area (Å²) in [5.41, 5.74) is 0. The third-order valence-corrected chi connectivity index (χ3v) is 6.13. The Bertz CT molecular complexity index is 440. The van der Waals surface area contributed by atoms with Crippen LogP contribution in [0.4, 0.5) is 0 Å². The maximum Gasteiger partial charge on any atom is 0.310 e. The molecule has 2 aliphatic carbocycles. The Morgan fingerprint density at radius 1 is 0.778 bits per heavy atom. The van der Waals surface area contributed by atoms with E-state index in [1.807, 2.05) is 0 Å². The minimum absolute atomic E-state index is 0.0655. The predicted octanol–water partition coefficient (Wildman–Crippen LogP) is 5.82. The lowest BCUT2D eigenvalue weighted by atomic mass is 9.79. The van der Waals surface area contributed by atoms with Gasteiger partial charge in [-0.1, -0.05) is 58.8 Å². The number of ether oxygens (including phenoxy) is 2. The van der Waals surface area contributed by atoms with E-state index in [1.165, 1.54) is 25.7 Å². The van der Waals surface area contributed by atoms with Crippen LogP contribution in [0, 0.1) is 17.8 Å². The summed E-state index contributed by atoms with van der Waals surface area (Å²) in [6.45, 7) is 4.99. The van der Waals surface area contributed by atoms with Gasteiger partial charge in [-0.3, -0.25) is 9.59 Å². The summed E-state index contributed by atoms with van der Waals surface area (Å²) in [4.78, 5) is 25.2. The van der Waals surface area contributed by atoms with E-state index in [9.17, 15) is 9.59 Å². The normalized spacial score (nSPS) is 24.0. The first-order chi connectivity index (χ1) is 13.1. The van der Waals surface area contributed by atoms with Crippen molar-refractivity contribution in [3.63, 3.8) is 0 Å². The van der Waals surface area contributed by atoms with Gasteiger partial charge in [0.2, 0.25) is 0 Å². The van der Waals surface area contributed by atoms with Crippen LogP contribution in [-0.4, -0.2) is 24.6 Å². The fraction of sp³-hybridized carbons (Fsp3) is 0.913. The molecular formula is C23H40O4. The third kappa shape index (κ3) is 8.23. The van der Waals surface area contributed by atoms with Gasteiger partial charge >= 0.3 is 11.9 Å². The molecule has 2 unspecified atom stereocenters. The average molecular weight is 381 g/mol. The van der Waals surface area contributed by atoms with Crippen molar-refractivity contribution in [2.24, 2.45) is 17.8 Å². The van der Waals surface area contributed by atoms with Gasteiger partial charge in [0.15, 0.2) is 0 Å². The molecule has 0 aromatic carbocycles. The van der Waals surface area contributed by atoms with Crippen LogP contribution in [0.5, 0.6) is 0 Å². The third-order valence-electron chi connectivity index (χ3n) is 6.13. The highest BCUT2D eigenvalue weighted by molar-refractivity contribution is 5.82. The summed E-state index contributed by atoms with van der Waals surface area (Å²) in [5.74, 6) is -0.158. The number of hydrogen-bond acceptors (Lipinski definition) is 4. The second-order valence-electron chi connectivity index (χ2n) is 8.96. The van der Waals surface area contributed by atoms with Gasteiger partial charge in [0.25, 0.3) is 0 Å². The number of hydrogen-bond donors (Lipinski definition) is 0. The summed E-state index contributed by atoms with van der Waals surface area (Å²) < 4.78 is 11.3. The molecule has 0 saturated heterocycles. The van der Waals surface area contributed by atoms with Crippen LogP contribution in [0.3, 0.4) is 0 Å². The van der Waals surface area contributed by atoms with Gasteiger partial charge < -0.3 is 9.47 Å². The Hall–Kier alpha value is -1.06. The van der Waals surface area contributed by atoms with Crippen molar-refractivity contribution in [1.82, 2.24) is 0 Å². The molecule has 0 heterocycles. The van der Waals surface area contributed by atoms with Crippen LogP contribution >= 0.6 is 0 Å². The number of esters is 2. The molecule has 0 aromatic heterocycles. The highest BCUT2D eigenvalue weighted by atomic mass is 16.5. The fourth-order valence-corrected chi connectivity index (χ4v) is 4.42. The molecule has 4 nitrogen and oxygen atoms in total. The van der Waals surface area contributed by atoms with Gasteiger partial charge in [-0.05, 0) is 50.9 Å². The molecule has 0 radical (unpaired) electrons. The summed E-state index contributed by atoms with van der Waals surface area (Å²) in [7, 11) is 0. The molecule has 4 heteroatoms. The SMILES string of the molecule is CC(C)CCCCCCOC(=O)C1CCCCC1C(=O)OC1CCCCC1. The van der Waals surface area contributed by atoms with E-state index < -0.39 is 0 Å². The molecule has 27 heavy (non-hydrogen) atoms. The largest absolute Gasteiger partial charge is 0.465 e. The first-order valence-corrected chi connectivity index (χ1v) is 11.4. The molecule has 2 rings (SSSR count). The molecule has 2 aliphatic rings. The van der Waals surface area contributed by atoms with Crippen LogP contribution < -0.4 is 0 Å². The first kappa shape index (κ1) is 22.2. The maximum atomic E-state index is 12.7. The second-order valence-corrected chi connectivity index (χ2v) is 8.96. The van der Waals surface area contributed by atoms with Crippen LogP contribution in [-0.2, 0) is 19.1 Å². The van der Waals surface area contributed by atoms with Crippen LogP contribution in [0.25, 0.3) is 0 Å². The number of carbonyl (C=O) groups is 2. The van der Waals surface area contributed by atoms with E-state index >= 15 is 0 Å². The van der Waals surface area contributed by atoms with Crippen molar-refractivity contribution in [2.75, 3.05) is 6.61 Å². The zero-order valence-electron chi connectivity index (χ0n) is 17.5. The Morgan fingerprint density at radius 3 is 2.04 bits per heavy atom. The Balaban J connectivity index is 1.69. The van der Waals surface area contributed by atoms with E-state index in [0.29, 0.717) is 6.61 Å². The molecular weight excluding hydrogens is 340 g/mol. The Kier molecular flexibility index (Phi) is 10.2. The molecule has 2 atom stereocenters. The van der Waals surface area contributed by atoms with Gasteiger partial charge in [0, 0.05) is 0 Å². The molecule has 0 bridgehead atoms. The lowest BCUT2D eigenvalue weighted by Crippen LogP contribution is -2.37. The fourth-order valence-electron chi connectivity index (χ4n) is 4.42. The highest BCUT2D eigenvalue weighted by Crippen LogP contribution is 2.33. The number of rotatable bonds is 10. The van der Waals surface area contributed by atoms with Crippen LogP contribution in [0.1, 0.15) is 104 Å². The Labute approximate surface area is 165 Å². The average Bonchev–Trinajstić information content (AvgIpc) is 2.67. The van der Waals surface area contributed by atoms with E-state index in [-0.39, 0.29) is 29.9 Å². The molecule has 2 fully saturated rings. The standard InChI is InChI=1S/C23H40O4/c1-18(2)12-6-3-4-11-17-26-22(24)20-15-9-10-16-21(20)23(25)27-19-13-7-5-8-14-19/h18-21H,3-17H2,1-2H3. The summed E-state index contributed by atoms with van der Waals surface area (Å²) in [5, 5.41) is 0. The van der Waals surface area contributed by atoms with Crippen molar-refractivity contribution >= 4 is 11.9 Å². The predicted molar refractivity (Wildman–Crippen MR) is 107 cm³/mol. The molecule has 2 saturated carbocycles.